The first-order chi connectivity index (χ1) is 16.1. The van der Waals surface area contributed by atoms with Crippen molar-refractivity contribution in [2.75, 3.05) is 15.8 Å². The Morgan fingerprint density at radius 3 is 2.56 bits per heavy atom. The summed E-state index contributed by atoms with van der Waals surface area (Å²) in [5, 5.41) is 2.42. The Labute approximate surface area is 195 Å². The summed E-state index contributed by atoms with van der Waals surface area (Å²) in [6, 6.07) is 8.41. The molecule has 174 valence electrons. The molecular weight excluding hydrogens is 495 g/mol. The van der Waals surface area contributed by atoms with Gasteiger partial charge in [0.25, 0.3) is 15.9 Å². The maximum Gasteiger partial charge on any atom is 0.265 e. The Balaban J connectivity index is 1.70. The van der Waals surface area contributed by atoms with Crippen LogP contribution in [0.5, 0.6) is 0 Å². The first-order valence-corrected chi connectivity index (χ1v) is 11.2. The van der Waals surface area contributed by atoms with Gasteiger partial charge in [-0.25, -0.2) is 31.6 Å². The number of anilines is 3. The van der Waals surface area contributed by atoms with Crippen LogP contribution in [0, 0.1) is 17.5 Å². The minimum Gasteiger partial charge on any atom is -0.383 e. The van der Waals surface area contributed by atoms with Crippen LogP contribution in [-0.4, -0.2) is 24.3 Å². The van der Waals surface area contributed by atoms with Crippen LogP contribution in [0.1, 0.15) is 10.4 Å². The van der Waals surface area contributed by atoms with Gasteiger partial charge in [0.1, 0.15) is 28.7 Å². The van der Waals surface area contributed by atoms with Gasteiger partial charge >= 0.3 is 0 Å². The van der Waals surface area contributed by atoms with Gasteiger partial charge in [-0.1, -0.05) is 17.7 Å². The smallest absolute Gasteiger partial charge is 0.265 e. The summed E-state index contributed by atoms with van der Waals surface area (Å²) < 4.78 is 69.4. The molecule has 3 aromatic carbocycles. The molecule has 0 bridgehead atoms. The Kier molecular flexibility index (Phi) is 6.02. The average Bonchev–Trinajstić information content (AvgIpc) is 2.80. The first kappa shape index (κ1) is 23.3. The molecule has 0 spiro atoms. The number of carbonyl (C=O) groups excluding carboxylic acids is 1. The molecule has 1 aromatic heterocycles. The topological polar surface area (TPSA) is 127 Å². The lowest BCUT2D eigenvalue weighted by Crippen LogP contribution is -2.18. The van der Waals surface area contributed by atoms with E-state index >= 15 is 4.39 Å². The van der Waals surface area contributed by atoms with Crippen LogP contribution in [0.2, 0.25) is 5.02 Å². The number of para-hydroxylation sites is 1. The molecule has 1 amide bonds. The van der Waals surface area contributed by atoms with Gasteiger partial charge in [0.2, 0.25) is 0 Å². The number of benzene rings is 3. The fourth-order valence-corrected chi connectivity index (χ4v) is 4.44. The number of nitrogens with one attached hydrogen (secondary N) is 2. The van der Waals surface area contributed by atoms with Crippen LogP contribution in [-0.2, 0) is 10.0 Å². The van der Waals surface area contributed by atoms with Crippen molar-refractivity contribution in [1.82, 2.24) is 9.97 Å². The molecule has 0 aliphatic carbocycles. The lowest BCUT2D eigenvalue weighted by atomic mass is 10.1. The fraction of sp³-hybridized carbons (Fsp3) is 0. The summed E-state index contributed by atoms with van der Waals surface area (Å²) in [5.74, 6) is -4.19. The van der Waals surface area contributed by atoms with Gasteiger partial charge < -0.3 is 11.1 Å². The third-order valence-electron chi connectivity index (χ3n) is 4.70. The van der Waals surface area contributed by atoms with E-state index in [0.29, 0.717) is 17.5 Å². The van der Waals surface area contributed by atoms with Gasteiger partial charge in [-0.15, -0.1) is 0 Å². The van der Waals surface area contributed by atoms with Crippen LogP contribution in [0.15, 0.2) is 59.8 Å². The molecule has 0 radical (unpaired) electrons. The van der Waals surface area contributed by atoms with E-state index < -0.39 is 49.7 Å². The monoisotopic (exact) mass is 507 g/mol. The second-order valence-corrected chi connectivity index (χ2v) is 8.94. The Morgan fingerprint density at radius 1 is 1.03 bits per heavy atom. The zero-order valence-corrected chi connectivity index (χ0v) is 18.4. The Morgan fingerprint density at radius 2 is 1.79 bits per heavy atom. The highest BCUT2D eigenvalue weighted by atomic mass is 35.5. The predicted molar refractivity (Wildman–Crippen MR) is 120 cm³/mol. The fourth-order valence-electron chi connectivity index (χ4n) is 3.10. The average molecular weight is 508 g/mol. The standard InChI is InChI=1S/C21H13ClF3N5O3S/c22-13-5-7-15(30-34(32,33)16-8-10(23)4-6-14(16)24)17(25)19(13)29-21(31)12-3-1-2-11-18(12)27-9-28-20(11)26/h1-9,30H,(H,29,31)(H2,26,27,28). The summed E-state index contributed by atoms with van der Waals surface area (Å²) in [6.45, 7) is 0. The van der Waals surface area contributed by atoms with Gasteiger partial charge in [0.15, 0.2) is 5.82 Å². The maximum atomic E-state index is 15.2. The SMILES string of the molecule is Nc1ncnc2c(C(=O)Nc3c(Cl)ccc(NS(=O)(=O)c4cc(F)ccc4F)c3F)cccc12. The van der Waals surface area contributed by atoms with Gasteiger partial charge in [0, 0.05) is 5.39 Å². The zero-order chi connectivity index (χ0) is 24.6. The van der Waals surface area contributed by atoms with E-state index in [2.05, 4.69) is 15.3 Å². The van der Waals surface area contributed by atoms with Crippen molar-refractivity contribution in [3.63, 3.8) is 0 Å². The summed E-state index contributed by atoms with van der Waals surface area (Å²) in [5.41, 5.74) is 4.80. The molecule has 0 saturated carbocycles. The molecule has 0 unspecified atom stereocenters. The van der Waals surface area contributed by atoms with E-state index in [0.717, 1.165) is 24.5 Å². The number of carbonyl (C=O) groups is 1. The van der Waals surface area contributed by atoms with Gasteiger partial charge in [-0.3, -0.25) is 9.52 Å². The predicted octanol–water partition coefficient (Wildman–Crippen LogP) is 4.34. The zero-order valence-electron chi connectivity index (χ0n) is 16.8. The Bertz CT molecular complexity index is 1570. The van der Waals surface area contributed by atoms with E-state index in [4.69, 9.17) is 17.3 Å². The van der Waals surface area contributed by atoms with Crippen molar-refractivity contribution in [2.45, 2.75) is 4.90 Å². The van der Waals surface area contributed by atoms with Crippen LogP contribution in [0.25, 0.3) is 10.9 Å². The first-order valence-electron chi connectivity index (χ1n) is 9.35. The molecular formula is C21H13ClF3N5O3S. The summed E-state index contributed by atoms with van der Waals surface area (Å²) in [6.07, 6.45) is 1.16. The lowest BCUT2D eigenvalue weighted by molar-refractivity contribution is 0.102. The molecule has 1 heterocycles. The molecule has 0 aliphatic heterocycles. The highest BCUT2D eigenvalue weighted by Crippen LogP contribution is 2.33. The second kappa shape index (κ2) is 8.80. The van der Waals surface area contributed by atoms with Crippen LogP contribution < -0.4 is 15.8 Å². The Hall–Kier alpha value is -3.90. The molecule has 4 rings (SSSR count). The molecule has 0 fully saturated rings. The highest BCUT2D eigenvalue weighted by molar-refractivity contribution is 7.92. The van der Waals surface area contributed by atoms with Crippen molar-refractivity contribution < 1.29 is 26.4 Å². The molecule has 4 aromatic rings. The minimum atomic E-state index is -4.72. The number of nitrogen functional groups attached to an aromatic ring is 1. The number of sulfonamides is 1. The maximum absolute atomic E-state index is 15.2. The van der Waals surface area contributed by atoms with Crippen molar-refractivity contribution in [2.24, 2.45) is 0 Å². The lowest BCUT2D eigenvalue weighted by Gasteiger charge is -2.14. The summed E-state index contributed by atoms with van der Waals surface area (Å²) >= 11 is 6.02. The van der Waals surface area contributed by atoms with Gasteiger partial charge in [-0.05, 0) is 42.5 Å². The molecule has 13 heteroatoms. The van der Waals surface area contributed by atoms with Crippen molar-refractivity contribution in [1.29, 1.82) is 0 Å². The number of nitrogens with two attached hydrogens (primary N) is 1. The largest absolute Gasteiger partial charge is 0.383 e. The van der Waals surface area contributed by atoms with E-state index in [1.807, 2.05) is 4.72 Å². The van der Waals surface area contributed by atoms with Crippen LogP contribution in [0.3, 0.4) is 0 Å². The molecule has 0 saturated heterocycles. The molecule has 4 N–H and O–H groups in total. The number of hydrogen-bond acceptors (Lipinski definition) is 6. The van der Waals surface area contributed by atoms with Crippen LogP contribution >= 0.6 is 11.6 Å². The van der Waals surface area contributed by atoms with Crippen molar-refractivity contribution >= 4 is 55.6 Å². The molecule has 8 nitrogen and oxygen atoms in total. The number of hydrogen-bond donors (Lipinski definition) is 3. The summed E-state index contributed by atoms with van der Waals surface area (Å²) in [4.78, 5) is 19.7. The summed E-state index contributed by atoms with van der Waals surface area (Å²) in [7, 11) is -4.72. The molecule has 0 aliphatic rings. The van der Waals surface area contributed by atoms with E-state index in [1.165, 1.54) is 12.1 Å². The molecule has 0 atom stereocenters. The minimum absolute atomic E-state index is 0.0230. The normalized spacial score (nSPS) is 11.4. The second-order valence-electron chi connectivity index (χ2n) is 6.88. The quantitative estimate of drug-likeness (QED) is 0.369. The molecule has 34 heavy (non-hydrogen) atoms. The number of halogens is 4. The van der Waals surface area contributed by atoms with E-state index in [9.17, 15) is 22.0 Å². The number of fused-ring (bicyclic) bond motifs is 1. The third kappa shape index (κ3) is 4.32. The number of amides is 1. The van der Waals surface area contributed by atoms with Gasteiger partial charge in [-0.2, -0.15) is 0 Å². The van der Waals surface area contributed by atoms with E-state index in [1.54, 1.807) is 6.07 Å². The van der Waals surface area contributed by atoms with Crippen molar-refractivity contribution in [3.05, 3.63) is 82.9 Å². The number of rotatable bonds is 5. The number of nitrogens with zero attached hydrogens (tertiary/aromatic N) is 2. The highest BCUT2D eigenvalue weighted by Gasteiger charge is 2.24. The van der Waals surface area contributed by atoms with E-state index in [-0.39, 0.29) is 21.9 Å². The van der Waals surface area contributed by atoms with Crippen LogP contribution in [0.4, 0.5) is 30.4 Å². The number of aromatic nitrogens is 2. The third-order valence-corrected chi connectivity index (χ3v) is 6.39. The van der Waals surface area contributed by atoms with Gasteiger partial charge in [0.05, 0.1) is 27.5 Å². The van der Waals surface area contributed by atoms with Crippen molar-refractivity contribution in [3.8, 4) is 0 Å².